The van der Waals surface area contributed by atoms with E-state index in [4.69, 9.17) is 9.72 Å². The third-order valence-corrected chi connectivity index (χ3v) is 7.85. The van der Waals surface area contributed by atoms with Gasteiger partial charge in [0.2, 0.25) is 0 Å². The highest BCUT2D eigenvalue weighted by atomic mass is 19.3. The van der Waals surface area contributed by atoms with Gasteiger partial charge < -0.3 is 15.2 Å². The van der Waals surface area contributed by atoms with Crippen LogP contribution in [0.5, 0.6) is 5.75 Å². The third kappa shape index (κ3) is 6.64. The topological polar surface area (TPSA) is 91.8 Å². The molecule has 1 aromatic heterocycles. The molecule has 0 bridgehead atoms. The molecule has 0 spiro atoms. The maximum absolute atomic E-state index is 14.4. The molecule has 0 radical (unpaired) electrons. The van der Waals surface area contributed by atoms with Crippen LogP contribution < -0.4 is 10.1 Å². The summed E-state index contributed by atoms with van der Waals surface area (Å²) in [5.41, 5.74) is 2.92. The molecule has 2 heterocycles. The number of methoxy groups -OCH3 is 1. The predicted octanol–water partition coefficient (Wildman–Crippen LogP) is 6.01. The lowest BCUT2D eigenvalue weighted by molar-refractivity contribution is -0.139. The molecule has 1 saturated heterocycles. The first-order chi connectivity index (χ1) is 20.6. The number of benzene rings is 3. The van der Waals surface area contributed by atoms with Gasteiger partial charge in [-0.3, -0.25) is 9.69 Å². The maximum Gasteiger partial charge on any atom is 0.326 e. The van der Waals surface area contributed by atoms with Gasteiger partial charge in [0.1, 0.15) is 23.3 Å². The van der Waals surface area contributed by atoms with Gasteiger partial charge in [0.25, 0.3) is 11.8 Å². The monoisotopic (exact) mass is 591 g/mol. The van der Waals surface area contributed by atoms with Gasteiger partial charge in [-0.05, 0) is 47.0 Å². The van der Waals surface area contributed by atoms with Crippen molar-refractivity contribution in [3.05, 3.63) is 94.9 Å². The van der Waals surface area contributed by atoms with Crippen LogP contribution in [-0.4, -0.2) is 59.0 Å². The maximum atomic E-state index is 14.4. The summed E-state index contributed by atoms with van der Waals surface area (Å²) < 4.78 is 47.3. The number of nitrogens with zero attached hydrogens (tertiary/aromatic N) is 2. The van der Waals surface area contributed by atoms with E-state index in [0.717, 1.165) is 22.4 Å². The van der Waals surface area contributed by atoms with E-state index < -0.39 is 29.7 Å². The zero-order valence-corrected chi connectivity index (χ0v) is 23.9. The number of fused-ring (bicyclic) bond motifs is 1. The number of rotatable bonds is 9. The highest BCUT2D eigenvalue weighted by Gasteiger charge is 2.34. The van der Waals surface area contributed by atoms with E-state index >= 15 is 0 Å². The van der Waals surface area contributed by atoms with Crippen molar-refractivity contribution < 1.29 is 32.6 Å². The van der Waals surface area contributed by atoms with Crippen molar-refractivity contribution in [3.8, 4) is 17.0 Å². The highest BCUT2D eigenvalue weighted by molar-refractivity contribution is 6.00. The fourth-order valence-corrected chi connectivity index (χ4v) is 5.53. The Morgan fingerprint density at radius 2 is 1.72 bits per heavy atom. The number of hydrogen-bond acceptors (Lipinski definition) is 5. The zero-order valence-electron chi connectivity index (χ0n) is 23.9. The van der Waals surface area contributed by atoms with Crippen LogP contribution in [0.25, 0.3) is 22.0 Å². The van der Waals surface area contributed by atoms with Crippen molar-refractivity contribution in [1.82, 2.24) is 15.2 Å². The van der Waals surface area contributed by atoms with Crippen molar-refractivity contribution in [2.45, 2.75) is 44.7 Å². The van der Waals surface area contributed by atoms with Gasteiger partial charge in [-0.25, -0.2) is 22.9 Å². The number of carboxylic acids is 1. The normalized spacial score (nSPS) is 15.7. The van der Waals surface area contributed by atoms with E-state index in [1.165, 1.54) is 6.07 Å². The van der Waals surface area contributed by atoms with Gasteiger partial charge in [-0.1, -0.05) is 48.5 Å². The number of carboxylic acid groups (broad SMARTS) is 1. The van der Waals surface area contributed by atoms with Crippen molar-refractivity contribution in [3.63, 3.8) is 0 Å². The number of aliphatic carboxylic acids is 1. The summed E-state index contributed by atoms with van der Waals surface area (Å²) in [4.78, 5) is 31.9. The first kappa shape index (κ1) is 30.0. The molecule has 0 unspecified atom stereocenters. The molecule has 0 aliphatic carbocycles. The Morgan fingerprint density at radius 3 is 2.42 bits per heavy atom. The average molecular weight is 592 g/mol. The Balaban J connectivity index is 1.45. The molecule has 5 rings (SSSR count). The standard InChI is InChI=1S/C33H32F3N3O4/c1-20-6-3-11-26(34)29(20)31(40)38-27(32(41)42)18-21-7-4-9-24-23(21)8-5-10-25(24)30-28(43-2)13-12-22(37-30)19-39-16-14-33(35,36)15-17-39/h3-13,27H,14-19H2,1-2H3,(H,38,40)(H,41,42)/t27-/m0/s1. The molecule has 10 heteroatoms. The Morgan fingerprint density at radius 1 is 1.02 bits per heavy atom. The van der Waals surface area contributed by atoms with Crippen LogP contribution in [0.2, 0.25) is 0 Å². The molecule has 1 aliphatic heterocycles. The smallest absolute Gasteiger partial charge is 0.326 e. The predicted molar refractivity (Wildman–Crippen MR) is 157 cm³/mol. The summed E-state index contributed by atoms with van der Waals surface area (Å²) in [7, 11) is 1.54. The van der Waals surface area contributed by atoms with Crippen molar-refractivity contribution >= 4 is 22.6 Å². The second-order valence-corrected chi connectivity index (χ2v) is 10.8. The van der Waals surface area contributed by atoms with E-state index in [9.17, 15) is 27.9 Å². The molecule has 43 heavy (non-hydrogen) atoms. The second-order valence-electron chi connectivity index (χ2n) is 10.8. The Hall–Kier alpha value is -4.44. The minimum Gasteiger partial charge on any atom is -0.494 e. The minimum atomic E-state index is -2.63. The number of aromatic nitrogens is 1. The molecule has 4 aromatic rings. The number of carbonyl (C=O) groups excluding carboxylic acids is 1. The molecule has 2 N–H and O–H groups in total. The number of hydrogen-bond donors (Lipinski definition) is 2. The number of nitrogens with one attached hydrogen (secondary N) is 1. The number of carbonyl (C=O) groups is 2. The molecular formula is C33H32F3N3O4. The molecular weight excluding hydrogens is 559 g/mol. The van der Waals surface area contributed by atoms with E-state index in [0.29, 0.717) is 34.8 Å². The number of likely N-dealkylation sites (tertiary alicyclic amines) is 1. The lowest BCUT2D eigenvalue weighted by Crippen LogP contribution is -2.42. The first-order valence-corrected chi connectivity index (χ1v) is 14.0. The first-order valence-electron chi connectivity index (χ1n) is 14.0. The van der Waals surface area contributed by atoms with E-state index in [-0.39, 0.29) is 37.9 Å². The lowest BCUT2D eigenvalue weighted by atomic mass is 9.94. The summed E-state index contributed by atoms with van der Waals surface area (Å²) in [5, 5.41) is 14.0. The molecule has 1 amide bonds. The van der Waals surface area contributed by atoms with Crippen LogP contribution in [0.1, 0.15) is 40.0 Å². The molecule has 1 aliphatic rings. The van der Waals surface area contributed by atoms with Crippen LogP contribution in [0.3, 0.4) is 0 Å². The van der Waals surface area contributed by atoms with Crippen LogP contribution in [0.15, 0.2) is 66.7 Å². The minimum absolute atomic E-state index is 0.0421. The summed E-state index contributed by atoms with van der Waals surface area (Å²) in [6.45, 7) is 2.57. The Bertz CT molecular complexity index is 1650. The van der Waals surface area contributed by atoms with Gasteiger partial charge in [0.15, 0.2) is 0 Å². The van der Waals surface area contributed by atoms with Gasteiger partial charge in [-0.15, -0.1) is 0 Å². The SMILES string of the molecule is COc1ccc(CN2CCC(F)(F)CC2)nc1-c1cccc2c(C[C@H](NC(=O)c3c(C)cccc3F)C(=O)O)cccc12. The quantitative estimate of drug-likeness (QED) is 0.248. The number of alkyl halides is 2. The van der Waals surface area contributed by atoms with Gasteiger partial charge in [-0.2, -0.15) is 0 Å². The molecule has 7 nitrogen and oxygen atoms in total. The number of pyridine rings is 1. The highest BCUT2D eigenvalue weighted by Crippen LogP contribution is 2.36. The van der Waals surface area contributed by atoms with Gasteiger partial charge >= 0.3 is 5.97 Å². The largest absolute Gasteiger partial charge is 0.494 e. The number of amides is 1. The van der Waals surface area contributed by atoms with Crippen molar-refractivity contribution in [2.75, 3.05) is 20.2 Å². The van der Waals surface area contributed by atoms with Gasteiger partial charge in [0.05, 0.1) is 18.4 Å². The Labute approximate surface area is 247 Å². The van der Waals surface area contributed by atoms with Crippen LogP contribution in [-0.2, 0) is 17.8 Å². The second kappa shape index (κ2) is 12.4. The lowest BCUT2D eigenvalue weighted by Gasteiger charge is -2.31. The molecule has 1 atom stereocenters. The van der Waals surface area contributed by atoms with Crippen LogP contribution in [0, 0.1) is 12.7 Å². The summed E-state index contributed by atoms with van der Waals surface area (Å²) in [6.07, 6.45) is -0.404. The van der Waals surface area contributed by atoms with E-state index in [1.54, 1.807) is 38.3 Å². The molecule has 224 valence electrons. The molecule has 3 aromatic carbocycles. The fraction of sp³-hybridized carbons (Fsp3) is 0.303. The van der Waals surface area contributed by atoms with Crippen molar-refractivity contribution in [1.29, 1.82) is 0 Å². The number of aryl methyl sites for hydroxylation is 1. The Kier molecular flexibility index (Phi) is 8.68. The van der Waals surface area contributed by atoms with E-state index in [2.05, 4.69) is 5.32 Å². The summed E-state index contributed by atoms with van der Waals surface area (Å²) in [5.74, 6) is -4.87. The molecule has 1 fully saturated rings. The van der Waals surface area contributed by atoms with Gasteiger partial charge in [0, 0.05) is 44.5 Å². The summed E-state index contributed by atoms with van der Waals surface area (Å²) >= 11 is 0. The number of piperidine rings is 1. The third-order valence-electron chi connectivity index (χ3n) is 7.85. The van der Waals surface area contributed by atoms with Crippen LogP contribution in [0.4, 0.5) is 13.2 Å². The fourth-order valence-electron chi connectivity index (χ4n) is 5.53. The average Bonchev–Trinajstić information content (AvgIpc) is 2.97. The molecule has 0 saturated carbocycles. The number of halogens is 3. The van der Waals surface area contributed by atoms with Crippen molar-refractivity contribution in [2.24, 2.45) is 0 Å². The number of ether oxygens (including phenoxy) is 1. The van der Waals surface area contributed by atoms with Crippen LogP contribution >= 0.6 is 0 Å². The zero-order chi connectivity index (χ0) is 30.7. The van der Waals surface area contributed by atoms with E-state index in [1.807, 2.05) is 35.2 Å². The summed E-state index contributed by atoms with van der Waals surface area (Å²) in [6, 6.07) is 17.6.